The molecule has 0 aliphatic rings. The Kier molecular flexibility index (Phi) is 8.91. The quantitative estimate of drug-likeness (QED) is 0.298. The van der Waals surface area contributed by atoms with Crippen molar-refractivity contribution in [2.75, 3.05) is 13.6 Å². The number of aryl methyl sites for hydroxylation is 1. The highest BCUT2D eigenvalue weighted by molar-refractivity contribution is 14.0. The lowest BCUT2D eigenvalue weighted by molar-refractivity contribution is 0.470. The van der Waals surface area contributed by atoms with Crippen LogP contribution < -0.4 is 5.32 Å². The molecule has 0 fully saturated rings. The highest BCUT2D eigenvalue weighted by Gasteiger charge is 2.09. The van der Waals surface area contributed by atoms with E-state index in [1.54, 1.807) is 17.5 Å². The molecule has 0 aliphatic heterocycles. The number of nitrogens with zero attached hydrogens (tertiary/aromatic N) is 5. The van der Waals surface area contributed by atoms with Gasteiger partial charge in [-0.3, -0.25) is 4.68 Å². The lowest BCUT2D eigenvalue weighted by atomic mass is 10.1. The van der Waals surface area contributed by atoms with E-state index in [2.05, 4.69) is 56.9 Å². The van der Waals surface area contributed by atoms with Crippen LogP contribution in [0.1, 0.15) is 28.8 Å². The van der Waals surface area contributed by atoms with E-state index in [1.165, 1.54) is 11.1 Å². The Balaban J connectivity index is 0.00000280. The highest BCUT2D eigenvalue weighted by atomic mass is 127. The van der Waals surface area contributed by atoms with Crippen molar-refractivity contribution < 1.29 is 0 Å². The molecule has 0 spiro atoms. The molecule has 28 heavy (non-hydrogen) atoms. The van der Waals surface area contributed by atoms with Crippen LogP contribution in [0.15, 0.2) is 53.1 Å². The number of thiazole rings is 1. The lowest BCUT2D eigenvalue weighted by Crippen LogP contribution is -2.38. The monoisotopic (exact) mass is 510 g/mol. The number of aromatic nitrogens is 3. The Morgan fingerprint density at radius 1 is 1.25 bits per heavy atom. The van der Waals surface area contributed by atoms with E-state index in [1.807, 2.05) is 30.9 Å². The zero-order chi connectivity index (χ0) is 19.1. The second-order valence-electron chi connectivity index (χ2n) is 6.36. The minimum absolute atomic E-state index is 0. The third-order valence-corrected chi connectivity index (χ3v) is 4.99. The van der Waals surface area contributed by atoms with Gasteiger partial charge in [0.2, 0.25) is 0 Å². The average Bonchev–Trinajstić information content (AvgIpc) is 3.31. The van der Waals surface area contributed by atoms with Gasteiger partial charge in [0.15, 0.2) is 5.96 Å². The summed E-state index contributed by atoms with van der Waals surface area (Å²) in [4.78, 5) is 11.5. The Labute approximate surface area is 187 Å². The zero-order valence-corrected chi connectivity index (χ0v) is 19.6. The van der Waals surface area contributed by atoms with Crippen molar-refractivity contribution in [2.24, 2.45) is 4.99 Å². The van der Waals surface area contributed by atoms with Crippen LogP contribution in [0.5, 0.6) is 0 Å². The molecule has 0 bridgehead atoms. The summed E-state index contributed by atoms with van der Waals surface area (Å²) >= 11 is 1.68. The molecule has 0 amide bonds. The van der Waals surface area contributed by atoms with Crippen molar-refractivity contribution in [3.8, 4) is 0 Å². The van der Waals surface area contributed by atoms with Gasteiger partial charge in [0.25, 0.3) is 0 Å². The molecule has 0 radical (unpaired) electrons. The number of halogens is 1. The first-order chi connectivity index (χ1) is 13.2. The van der Waals surface area contributed by atoms with Crippen LogP contribution in [0.3, 0.4) is 0 Å². The summed E-state index contributed by atoms with van der Waals surface area (Å²) in [7, 11) is 2.05. The van der Waals surface area contributed by atoms with Gasteiger partial charge in [0, 0.05) is 31.4 Å². The van der Waals surface area contributed by atoms with E-state index in [0.29, 0.717) is 6.54 Å². The Morgan fingerprint density at radius 2 is 2.04 bits per heavy atom. The van der Waals surface area contributed by atoms with Crippen molar-refractivity contribution in [1.82, 2.24) is 25.0 Å². The number of benzene rings is 1. The molecule has 0 saturated heterocycles. The first kappa shape index (κ1) is 22.4. The summed E-state index contributed by atoms with van der Waals surface area (Å²) in [5, 5.41) is 10.9. The van der Waals surface area contributed by atoms with Gasteiger partial charge in [-0.15, -0.1) is 35.3 Å². The fraction of sp³-hybridized carbons (Fsp3) is 0.350. The van der Waals surface area contributed by atoms with Crippen molar-refractivity contribution in [1.29, 1.82) is 0 Å². The summed E-state index contributed by atoms with van der Waals surface area (Å²) in [6.07, 6.45) is 3.78. The maximum absolute atomic E-state index is 4.85. The molecule has 3 rings (SSSR count). The molecule has 6 nitrogen and oxygen atoms in total. The van der Waals surface area contributed by atoms with Crippen LogP contribution in [-0.2, 0) is 19.6 Å². The van der Waals surface area contributed by atoms with Gasteiger partial charge < -0.3 is 10.2 Å². The topological polar surface area (TPSA) is 58.3 Å². The van der Waals surface area contributed by atoms with Crippen LogP contribution in [0.25, 0.3) is 0 Å². The van der Waals surface area contributed by atoms with Gasteiger partial charge in [0.05, 0.1) is 30.3 Å². The number of aliphatic imine (C=N–C) groups is 1. The fourth-order valence-corrected chi connectivity index (χ4v) is 3.47. The van der Waals surface area contributed by atoms with Gasteiger partial charge in [-0.25, -0.2) is 9.98 Å². The van der Waals surface area contributed by atoms with Gasteiger partial charge in [-0.1, -0.05) is 24.3 Å². The lowest BCUT2D eigenvalue weighted by Gasteiger charge is -2.21. The molecule has 8 heteroatoms. The largest absolute Gasteiger partial charge is 0.357 e. The number of hydrogen-bond donors (Lipinski definition) is 1. The van der Waals surface area contributed by atoms with Crippen molar-refractivity contribution in [3.05, 3.63) is 69.9 Å². The predicted octanol–water partition coefficient (Wildman–Crippen LogP) is 3.91. The maximum atomic E-state index is 4.85. The van der Waals surface area contributed by atoms with E-state index in [4.69, 9.17) is 4.99 Å². The van der Waals surface area contributed by atoms with Crippen LogP contribution in [-0.4, -0.2) is 39.2 Å². The van der Waals surface area contributed by atoms with Crippen LogP contribution >= 0.6 is 35.3 Å². The standard InChI is InChI=1S/C20H26N6S.HI/c1-4-21-20(25(3)14-19-15-27-16(2)24-19)22-12-17-8-5-6-9-18(17)13-26-11-7-10-23-26;/h5-11,15H,4,12-14H2,1-3H3,(H,21,22);1H. The summed E-state index contributed by atoms with van der Waals surface area (Å²) in [6, 6.07) is 10.3. The second kappa shape index (κ2) is 11.2. The molecule has 2 heterocycles. The van der Waals surface area contributed by atoms with Crippen molar-refractivity contribution in [2.45, 2.75) is 33.5 Å². The third kappa shape index (κ3) is 6.30. The molecule has 1 aromatic carbocycles. The Hall–Kier alpha value is -1.94. The molecule has 0 saturated carbocycles. The van der Waals surface area contributed by atoms with E-state index in [0.717, 1.165) is 36.3 Å². The second-order valence-corrected chi connectivity index (χ2v) is 7.42. The molecule has 0 atom stereocenters. The number of rotatable bonds is 7. The molecule has 2 aromatic heterocycles. The minimum Gasteiger partial charge on any atom is -0.357 e. The molecule has 3 aromatic rings. The first-order valence-electron chi connectivity index (χ1n) is 9.10. The average molecular weight is 510 g/mol. The molecular formula is C20H27IN6S. The molecule has 0 unspecified atom stereocenters. The van der Waals surface area contributed by atoms with Gasteiger partial charge >= 0.3 is 0 Å². The maximum Gasteiger partial charge on any atom is 0.194 e. The van der Waals surface area contributed by atoms with Crippen LogP contribution in [0.2, 0.25) is 0 Å². The zero-order valence-electron chi connectivity index (χ0n) is 16.5. The van der Waals surface area contributed by atoms with Crippen LogP contribution in [0, 0.1) is 6.92 Å². The van der Waals surface area contributed by atoms with E-state index < -0.39 is 0 Å². The normalized spacial score (nSPS) is 11.2. The molecular weight excluding hydrogens is 483 g/mol. The van der Waals surface area contributed by atoms with E-state index in [-0.39, 0.29) is 24.0 Å². The SMILES string of the molecule is CCNC(=NCc1ccccc1Cn1cccn1)N(C)Cc1csc(C)n1.I. The van der Waals surface area contributed by atoms with E-state index >= 15 is 0 Å². The first-order valence-corrected chi connectivity index (χ1v) is 9.98. The molecule has 0 aliphatic carbocycles. The smallest absolute Gasteiger partial charge is 0.194 e. The summed E-state index contributed by atoms with van der Waals surface area (Å²) in [5.41, 5.74) is 3.52. The number of hydrogen-bond acceptors (Lipinski definition) is 4. The van der Waals surface area contributed by atoms with Crippen molar-refractivity contribution in [3.63, 3.8) is 0 Å². The summed E-state index contributed by atoms with van der Waals surface area (Å²) in [5.74, 6) is 0.886. The molecule has 1 N–H and O–H groups in total. The Morgan fingerprint density at radius 3 is 2.68 bits per heavy atom. The highest BCUT2D eigenvalue weighted by Crippen LogP contribution is 2.13. The predicted molar refractivity (Wildman–Crippen MR) is 126 cm³/mol. The van der Waals surface area contributed by atoms with Gasteiger partial charge in [-0.2, -0.15) is 5.10 Å². The fourth-order valence-electron chi connectivity index (χ4n) is 2.86. The minimum atomic E-state index is 0. The number of nitrogens with one attached hydrogen (secondary N) is 1. The van der Waals surface area contributed by atoms with Gasteiger partial charge in [0.1, 0.15) is 0 Å². The summed E-state index contributed by atoms with van der Waals surface area (Å²) in [6.45, 7) is 7.06. The number of guanidine groups is 1. The summed E-state index contributed by atoms with van der Waals surface area (Å²) < 4.78 is 1.93. The van der Waals surface area contributed by atoms with Crippen LogP contribution in [0.4, 0.5) is 0 Å². The van der Waals surface area contributed by atoms with Gasteiger partial charge in [-0.05, 0) is 31.0 Å². The van der Waals surface area contributed by atoms with Crippen molar-refractivity contribution >= 4 is 41.3 Å². The third-order valence-electron chi connectivity index (χ3n) is 4.17. The Bertz CT molecular complexity index is 874. The molecule has 150 valence electrons. The van der Waals surface area contributed by atoms with E-state index in [9.17, 15) is 0 Å².